The lowest BCUT2D eigenvalue weighted by atomic mass is 9.93. The van der Waals surface area contributed by atoms with Gasteiger partial charge in [-0.1, -0.05) is 0 Å². The number of aromatic nitrogens is 2. The van der Waals surface area contributed by atoms with Crippen LogP contribution in [0.5, 0.6) is 0 Å². The van der Waals surface area contributed by atoms with Crippen LogP contribution >= 0.6 is 0 Å². The second-order valence-electron chi connectivity index (χ2n) is 6.62. The molecule has 0 bridgehead atoms. The number of ether oxygens (including phenoxy) is 1. The van der Waals surface area contributed by atoms with Gasteiger partial charge in [0.1, 0.15) is 0 Å². The number of rotatable bonds is 5. The van der Waals surface area contributed by atoms with Crippen molar-refractivity contribution in [3.63, 3.8) is 0 Å². The van der Waals surface area contributed by atoms with E-state index in [0.29, 0.717) is 24.9 Å². The number of nitrogens with zero attached hydrogens (tertiary/aromatic N) is 3. The monoisotopic (exact) mass is 335 g/mol. The molecule has 2 aliphatic rings. The summed E-state index contributed by atoms with van der Waals surface area (Å²) in [5.41, 5.74) is 0.670. The fourth-order valence-corrected chi connectivity index (χ4v) is 3.30. The molecule has 0 aromatic carbocycles. The van der Waals surface area contributed by atoms with Crippen molar-refractivity contribution in [1.29, 1.82) is 0 Å². The molecule has 8 nitrogen and oxygen atoms in total. The lowest BCUT2D eigenvalue weighted by Gasteiger charge is -2.31. The minimum atomic E-state index is -0.125. The van der Waals surface area contributed by atoms with Crippen LogP contribution in [0.3, 0.4) is 0 Å². The second kappa shape index (κ2) is 7.21. The molecule has 3 rings (SSSR count). The number of likely N-dealkylation sites (tertiary alicyclic amines) is 1. The van der Waals surface area contributed by atoms with Gasteiger partial charge < -0.3 is 20.3 Å². The van der Waals surface area contributed by atoms with Crippen molar-refractivity contribution in [1.82, 2.24) is 20.0 Å². The molecule has 0 spiro atoms. The summed E-state index contributed by atoms with van der Waals surface area (Å²) in [5.74, 6) is -0.125. The summed E-state index contributed by atoms with van der Waals surface area (Å²) >= 11 is 0. The van der Waals surface area contributed by atoms with Crippen LogP contribution in [0.25, 0.3) is 0 Å². The third-order valence-electron chi connectivity index (χ3n) is 4.74. The summed E-state index contributed by atoms with van der Waals surface area (Å²) in [4.78, 5) is 25.5. The molecule has 1 aromatic rings. The zero-order chi connectivity index (χ0) is 17.1. The number of anilines is 1. The van der Waals surface area contributed by atoms with E-state index in [1.54, 1.807) is 13.3 Å². The van der Waals surface area contributed by atoms with Crippen LogP contribution in [-0.2, 0) is 9.53 Å². The van der Waals surface area contributed by atoms with Crippen LogP contribution in [0.4, 0.5) is 10.5 Å². The maximum atomic E-state index is 12.5. The third kappa shape index (κ3) is 3.69. The van der Waals surface area contributed by atoms with Gasteiger partial charge in [0.25, 0.3) is 0 Å². The first-order valence-electron chi connectivity index (χ1n) is 8.44. The van der Waals surface area contributed by atoms with E-state index in [1.165, 1.54) is 13.3 Å². The van der Waals surface area contributed by atoms with E-state index in [4.69, 9.17) is 4.74 Å². The number of carbonyl (C=O) groups excluding carboxylic acids is 2. The summed E-state index contributed by atoms with van der Waals surface area (Å²) in [7, 11) is 1.65. The van der Waals surface area contributed by atoms with Gasteiger partial charge in [0.2, 0.25) is 5.91 Å². The molecule has 2 atom stereocenters. The Morgan fingerprint density at radius 1 is 1.42 bits per heavy atom. The van der Waals surface area contributed by atoms with E-state index < -0.39 is 0 Å². The maximum Gasteiger partial charge on any atom is 0.318 e. The summed E-state index contributed by atoms with van der Waals surface area (Å²) in [6.45, 7) is 2.57. The van der Waals surface area contributed by atoms with E-state index in [-0.39, 0.29) is 24.0 Å². The van der Waals surface area contributed by atoms with Crippen molar-refractivity contribution in [3.8, 4) is 0 Å². The highest BCUT2D eigenvalue weighted by molar-refractivity contribution is 5.88. The minimum Gasteiger partial charge on any atom is -0.383 e. The topological polar surface area (TPSA) is 88.5 Å². The highest BCUT2D eigenvalue weighted by Gasteiger charge is 2.37. The van der Waals surface area contributed by atoms with Crippen molar-refractivity contribution < 1.29 is 14.3 Å². The number of nitrogens with one attached hydrogen (secondary N) is 2. The molecule has 2 heterocycles. The van der Waals surface area contributed by atoms with Crippen LogP contribution in [0, 0.1) is 0 Å². The lowest BCUT2D eigenvalue weighted by molar-refractivity contribution is -0.114. The van der Waals surface area contributed by atoms with Gasteiger partial charge in [-0.3, -0.25) is 9.48 Å². The predicted octanol–water partition coefficient (Wildman–Crippen LogP) is 1.37. The Hall–Kier alpha value is -2.09. The van der Waals surface area contributed by atoms with E-state index in [9.17, 15) is 9.59 Å². The summed E-state index contributed by atoms with van der Waals surface area (Å²) in [6.07, 6.45) is 7.54. The molecule has 0 unspecified atom stereocenters. The van der Waals surface area contributed by atoms with Gasteiger partial charge in [0, 0.05) is 32.8 Å². The molecule has 1 aliphatic heterocycles. The van der Waals surface area contributed by atoms with E-state index in [2.05, 4.69) is 15.7 Å². The smallest absolute Gasteiger partial charge is 0.318 e. The fourth-order valence-electron chi connectivity index (χ4n) is 3.30. The Labute approximate surface area is 141 Å². The molecule has 8 heteroatoms. The standard InChI is InChI=1S/C16H25N5O3/c1-11(22)18-13-7-17-21(8-13)14-6-15(10-24-2)20(9-14)16(23)19-12-4-3-5-12/h7-8,12,14-15H,3-6,9-10H2,1-2H3,(H,18,22)(H,19,23)/t14-,15-/m0/s1. The van der Waals surface area contributed by atoms with Gasteiger partial charge in [0.15, 0.2) is 0 Å². The molecule has 24 heavy (non-hydrogen) atoms. The van der Waals surface area contributed by atoms with Gasteiger partial charge >= 0.3 is 6.03 Å². The highest BCUT2D eigenvalue weighted by Crippen LogP contribution is 2.29. The molecule has 3 amide bonds. The number of amides is 3. The van der Waals surface area contributed by atoms with Gasteiger partial charge in [-0.15, -0.1) is 0 Å². The van der Waals surface area contributed by atoms with Crippen molar-refractivity contribution in [2.24, 2.45) is 0 Å². The number of urea groups is 1. The first kappa shape index (κ1) is 16.8. The van der Waals surface area contributed by atoms with Crippen molar-refractivity contribution in [3.05, 3.63) is 12.4 Å². The van der Waals surface area contributed by atoms with E-state index in [0.717, 1.165) is 19.3 Å². The predicted molar refractivity (Wildman–Crippen MR) is 88.7 cm³/mol. The van der Waals surface area contributed by atoms with E-state index in [1.807, 2.05) is 15.8 Å². The number of hydrogen-bond acceptors (Lipinski definition) is 4. The summed E-state index contributed by atoms with van der Waals surface area (Å²) < 4.78 is 7.11. The molecule has 1 saturated carbocycles. The average Bonchev–Trinajstić information content (AvgIpc) is 3.09. The largest absolute Gasteiger partial charge is 0.383 e. The third-order valence-corrected chi connectivity index (χ3v) is 4.74. The highest BCUT2D eigenvalue weighted by atomic mass is 16.5. The molecule has 2 N–H and O–H groups in total. The molecular weight excluding hydrogens is 310 g/mol. The zero-order valence-electron chi connectivity index (χ0n) is 14.2. The van der Waals surface area contributed by atoms with Crippen molar-refractivity contribution in [2.45, 2.75) is 50.7 Å². The molecule has 1 aromatic heterocycles. The zero-order valence-corrected chi connectivity index (χ0v) is 14.2. The summed E-state index contributed by atoms with van der Waals surface area (Å²) in [6, 6.07) is 0.419. The number of methoxy groups -OCH3 is 1. The first-order valence-corrected chi connectivity index (χ1v) is 8.44. The Morgan fingerprint density at radius 2 is 2.21 bits per heavy atom. The molecule has 0 radical (unpaired) electrons. The Morgan fingerprint density at radius 3 is 2.83 bits per heavy atom. The molecule has 1 aliphatic carbocycles. The minimum absolute atomic E-state index is 0.0153. The van der Waals surface area contributed by atoms with Crippen LogP contribution in [0.15, 0.2) is 12.4 Å². The quantitative estimate of drug-likeness (QED) is 0.850. The van der Waals surface area contributed by atoms with Gasteiger partial charge in [-0.05, 0) is 25.7 Å². The van der Waals surface area contributed by atoms with Gasteiger partial charge in [0.05, 0.1) is 30.6 Å². The Balaban J connectivity index is 1.65. The Kier molecular flexibility index (Phi) is 5.03. The van der Waals surface area contributed by atoms with Crippen molar-refractivity contribution in [2.75, 3.05) is 25.6 Å². The lowest BCUT2D eigenvalue weighted by Crippen LogP contribution is -2.49. The van der Waals surface area contributed by atoms with Crippen molar-refractivity contribution >= 4 is 17.6 Å². The van der Waals surface area contributed by atoms with E-state index >= 15 is 0 Å². The molecule has 1 saturated heterocycles. The second-order valence-corrected chi connectivity index (χ2v) is 6.62. The SMILES string of the molecule is COC[C@@H]1C[C@H](n2cc(NC(C)=O)cn2)CN1C(=O)NC1CCC1. The van der Waals surface area contributed by atoms with Crippen LogP contribution < -0.4 is 10.6 Å². The molecule has 132 valence electrons. The average molecular weight is 335 g/mol. The normalized spacial score (nSPS) is 23.8. The number of hydrogen-bond donors (Lipinski definition) is 2. The Bertz CT molecular complexity index is 598. The first-order chi connectivity index (χ1) is 11.6. The fraction of sp³-hybridized carbons (Fsp3) is 0.688. The molecule has 2 fully saturated rings. The van der Waals surface area contributed by atoms with Crippen LogP contribution in [-0.4, -0.2) is 59.0 Å². The van der Waals surface area contributed by atoms with Gasteiger partial charge in [-0.2, -0.15) is 5.10 Å². The van der Waals surface area contributed by atoms with Gasteiger partial charge in [-0.25, -0.2) is 4.79 Å². The van der Waals surface area contributed by atoms with Crippen LogP contribution in [0.2, 0.25) is 0 Å². The maximum absolute atomic E-state index is 12.5. The molecular formula is C16H25N5O3. The number of carbonyl (C=O) groups is 2. The summed E-state index contributed by atoms with van der Waals surface area (Å²) in [5, 5.41) is 10.1. The van der Waals surface area contributed by atoms with Crippen LogP contribution in [0.1, 0.15) is 38.6 Å².